The van der Waals surface area contributed by atoms with Crippen LogP contribution in [0, 0.1) is 5.92 Å². The van der Waals surface area contributed by atoms with Crippen molar-refractivity contribution in [2.24, 2.45) is 11.0 Å². The van der Waals surface area contributed by atoms with Crippen molar-refractivity contribution in [3.8, 4) is 0 Å². The average Bonchev–Trinajstić information content (AvgIpc) is 3.47. The van der Waals surface area contributed by atoms with Crippen molar-refractivity contribution in [2.45, 2.75) is 74.8 Å². The van der Waals surface area contributed by atoms with Crippen LogP contribution in [0.4, 0.5) is 10.1 Å². The third-order valence-corrected chi connectivity index (χ3v) is 10.5. The lowest BCUT2D eigenvalue weighted by atomic mass is 9.90. The van der Waals surface area contributed by atoms with Gasteiger partial charge < -0.3 is 31.1 Å². The van der Waals surface area contributed by atoms with Crippen LogP contribution in [0.3, 0.4) is 0 Å². The number of benzene rings is 2. The highest BCUT2D eigenvalue weighted by Gasteiger charge is 2.52. The summed E-state index contributed by atoms with van der Waals surface area (Å²) in [6.45, 7) is 3.77. The van der Waals surface area contributed by atoms with Gasteiger partial charge in [-0.2, -0.15) is 5.10 Å². The number of ether oxygens (including phenoxy) is 1. The van der Waals surface area contributed by atoms with E-state index in [9.17, 15) is 14.0 Å². The first kappa shape index (κ1) is 29.1. The second-order valence-electron chi connectivity index (χ2n) is 13.6. The standard InChI is InChI=1S/C35H40FN7O3/c1-20-16-38-42(2)32(20)22-5-8-24(9-6-22)39-33(44)31(40-34(45)35(36)11-12-35)28-10-7-21-3-4-23(13-29(21)28)30-15-25(17-37-41-30)43-18-27-14-26(43)19-46-27/h3-6,8-9,13,15-17,20,26-28,31-32,37,41H,7,10-12,14,18-19H2,1-2H3,(H,39,44)(H,40,45)/t20?,26?,27-,28+,31-,32?/m0/s1. The number of alkyl halides is 1. The zero-order valence-corrected chi connectivity index (χ0v) is 26.1. The summed E-state index contributed by atoms with van der Waals surface area (Å²) < 4.78 is 20.7. The van der Waals surface area contributed by atoms with Gasteiger partial charge in [0.2, 0.25) is 5.91 Å². The number of hydrazine groups is 1. The van der Waals surface area contributed by atoms with Gasteiger partial charge in [-0.05, 0) is 78.6 Å². The highest BCUT2D eigenvalue weighted by atomic mass is 19.1. The van der Waals surface area contributed by atoms with Crippen LogP contribution in [0.5, 0.6) is 0 Å². The van der Waals surface area contributed by atoms with Gasteiger partial charge in [-0.15, -0.1) is 0 Å². The fraction of sp³-hybridized carbons (Fsp3) is 0.457. The van der Waals surface area contributed by atoms with E-state index in [0.29, 0.717) is 24.3 Å². The third-order valence-electron chi connectivity index (χ3n) is 10.5. The Morgan fingerprint density at radius 3 is 2.70 bits per heavy atom. The summed E-state index contributed by atoms with van der Waals surface area (Å²) in [4.78, 5) is 29.4. The molecule has 2 aliphatic carbocycles. The van der Waals surface area contributed by atoms with Gasteiger partial charge in [-0.25, -0.2) is 4.39 Å². The Bertz CT molecular complexity index is 1640. The molecular formula is C35H40FN7O3. The Labute approximate surface area is 268 Å². The van der Waals surface area contributed by atoms with Crippen molar-refractivity contribution >= 4 is 29.4 Å². The minimum atomic E-state index is -1.89. The molecule has 2 amide bonds. The Morgan fingerprint density at radius 2 is 2.00 bits per heavy atom. The Balaban J connectivity index is 1.04. The Hall–Kier alpha value is -4.38. The Kier molecular flexibility index (Phi) is 7.04. The van der Waals surface area contributed by atoms with Crippen molar-refractivity contribution in [1.29, 1.82) is 0 Å². The number of carbonyl (C=O) groups excluding carboxylic acids is 2. The lowest BCUT2D eigenvalue weighted by molar-refractivity contribution is -0.131. The summed E-state index contributed by atoms with van der Waals surface area (Å²) >= 11 is 0. The first-order chi connectivity index (χ1) is 22.3. The fourth-order valence-corrected chi connectivity index (χ4v) is 7.76. The van der Waals surface area contributed by atoms with Crippen LogP contribution in [-0.4, -0.2) is 72.0 Å². The molecule has 10 nitrogen and oxygen atoms in total. The number of nitrogens with one attached hydrogen (secondary N) is 4. The minimum absolute atomic E-state index is 0.135. The van der Waals surface area contributed by atoms with Crippen LogP contribution in [0.2, 0.25) is 0 Å². The maximum Gasteiger partial charge on any atom is 0.258 e. The van der Waals surface area contributed by atoms with Crippen molar-refractivity contribution in [3.05, 3.63) is 82.7 Å². The number of carbonyl (C=O) groups is 2. The number of fused-ring (bicyclic) bond motifs is 3. The molecular weight excluding hydrogens is 585 g/mol. The SMILES string of the molecule is CC1C=NN(C)C1c1ccc(NC(=O)[C@@H](NC(=O)C2(F)CC2)[C@@H]2CCc3ccc(C4=CC(N5C[C@@H]6CC5CO6)=CNN4)cc32)cc1. The number of halogens is 1. The van der Waals surface area contributed by atoms with E-state index in [4.69, 9.17) is 4.74 Å². The largest absolute Gasteiger partial charge is 0.374 e. The molecule has 0 aromatic heterocycles. The lowest BCUT2D eigenvalue weighted by Crippen LogP contribution is -2.50. The molecule has 8 rings (SSSR count). The molecule has 6 aliphatic rings. The van der Waals surface area contributed by atoms with E-state index in [-0.39, 0.29) is 36.6 Å². The molecule has 4 heterocycles. The minimum Gasteiger partial charge on any atom is -0.374 e. The van der Waals surface area contributed by atoms with Gasteiger partial charge in [0.25, 0.3) is 5.91 Å². The first-order valence-corrected chi connectivity index (χ1v) is 16.4. The van der Waals surface area contributed by atoms with Gasteiger partial charge in [-0.1, -0.05) is 31.2 Å². The molecule has 1 saturated carbocycles. The van der Waals surface area contributed by atoms with Crippen molar-refractivity contribution in [1.82, 2.24) is 26.1 Å². The monoisotopic (exact) mass is 625 g/mol. The molecule has 2 bridgehead atoms. The van der Waals surface area contributed by atoms with Gasteiger partial charge in [0.1, 0.15) is 6.04 Å². The van der Waals surface area contributed by atoms with Crippen LogP contribution in [0.15, 0.2) is 65.5 Å². The number of aryl methyl sites for hydroxylation is 1. The quantitative estimate of drug-likeness (QED) is 0.354. The van der Waals surface area contributed by atoms with Crippen LogP contribution in [-0.2, 0) is 20.7 Å². The molecule has 4 aliphatic heterocycles. The van der Waals surface area contributed by atoms with Crippen LogP contribution in [0.1, 0.15) is 66.8 Å². The van der Waals surface area contributed by atoms with Gasteiger partial charge in [0.05, 0.1) is 36.2 Å². The maximum absolute atomic E-state index is 14.9. The number of hydrogen-bond acceptors (Lipinski definition) is 8. The van der Waals surface area contributed by atoms with Crippen LogP contribution in [0.25, 0.3) is 5.70 Å². The number of hydrazone groups is 1. The molecule has 2 aromatic carbocycles. The number of rotatable bonds is 8. The molecule has 0 spiro atoms. The number of nitrogens with zero attached hydrogens (tertiary/aromatic N) is 3. The Morgan fingerprint density at radius 1 is 1.17 bits per heavy atom. The summed E-state index contributed by atoms with van der Waals surface area (Å²) in [7, 11) is 1.95. The molecule has 2 aromatic rings. The van der Waals surface area contributed by atoms with Gasteiger partial charge in [0.15, 0.2) is 5.67 Å². The highest BCUT2D eigenvalue weighted by molar-refractivity contribution is 6.00. The summed E-state index contributed by atoms with van der Waals surface area (Å²) in [5.74, 6) is -1.08. The molecule has 6 atom stereocenters. The number of amides is 2. The number of allylic oxidation sites excluding steroid dienone is 1. The number of anilines is 1. The predicted molar refractivity (Wildman–Crippen MR) is 173 cm³/mol. The van der Waals surface area contributed by atoms with E-state index in [2.05, 4.69) is 62.7 Å². The van der Waals surface area contributed by atoms with E-state index in [1.54, 1.807) is 0 Å². The molecule has 3 fully saturated rings. The maximum atomic E-state index is 14.9. The number of morpholine rings is 1. The summed E-state index contributed by atoms with van der Waals surface area (Å²) in [6, 6.07) is 13.7. The molecule has 3 unspecified atom stereocenters. The topological polar surface area (TPSA) is 110 Å². The molecule has 46 heavy (non-hydrogen) atoms. The van der Waals surface area contributed by atoms with Gasteiger partial charge in [0, 0.05) is 43.5 Å². The normalized spacial score (nSPS) is 29.0. The molecule has 11 heteroatoms. The van der Waals surface area contributed by atoms with Crippen molar-refractivity contribution < 1.29 is 18.7 Å². The molecule has 240 valence electrons. The fourth-order valence-electron chi connectivity index (χ4n) is 7.76. The first-order valence-electron chi connectivity index (χ1n) is 16.4. The lowest BCUT2D eigenvalue weighted by Gasteiger charge is -2.32. The second-order valence-corrected chi connectivity index (χ2v) is 13.6. The zero-order valence-electron chi connectivity index (χ0n) is 26.1. The molecule has 0 radical (unpaired) electrons. The van der Waals surface area contributed by atoms with Crippen LogP contribution >= 0.6 is 0 Å². The van der Waals surface area contributed by atoms with E-state index in [0.717, 1.165) is 59.6 Å². The summed E-state index contributed by atoms with van der Waals surface area (Å²) in [5.41, 5.74) is 11.5. The highest BCUT2D eigenvalue weighted by Crippen LogP contribution is 2.42. The summed E-state index contributed by atoms with van der Waals surface area (Å²) in [5, 5.41) is 12.2. The van der Waals surface area contributed by atoms with Crippen molar-refractivity contribution in [2.75, 3.05) is 25.5 Å². The average molecular weight is 626 g/mol. The predicted octanol–water partition coefficient (Wildman–Crippen LogP) is 3.71. The number of likely N-dealkylation sites (tertiary alicyclic amines) is 1. The van der Waals surface area contributed by atoms with Crippen LogP contribution < -0.4 is 21.5 Å². The van der Waals surface area contributed by atoms with E-state index in [1.165, 1.54) is 0 Å². The second kappa shape index (κ2) is 11.2. The zero-order chi connectivity index (χ0) is 31.6. The van der Waals surface area contributed by atoms with Gasteiger partial charge in [-0.3, -0.25) is 14.6 Å². The summed E-state index contributed by atoms with van der Waals surface area (Å²) in [6.07, 6.45) is 9.24. The van der Waals surface area contributed by atoms with E-state index in [1.807, 2.05) is 48.7 Å². The smallest absolute Gasteiger partial charge is 0.258 e. The molecule has 4 N–H and O–H groups in total. The van der Waals surface area contributed by atoms with Gasteiger partial charge >= 0.3 is 0 Å². The third kappa shape index (κ3) is 5.20. The van der Waals surface area contributed by atoms with E-state index >= 15 is 0 Å². The molecule has 2 saturated heterocycles. The van der Waals surface area contributed by atoms with Crippen molar-refractivity contribution in [3.63, 3.8) is 0 Å². The number of hydrogen-bond donors (Lipinski definition) is 4. The van der Waals surface area contributed by atoms with E-state index < -0.39 is 17.6 Å².